The SMILES string of the molecule is CCOC(=O)NCC(=O)NC(C)c1ccccc1. The maximum Gasteiger partial charge on any atom is 0.407 e. The van der Waals surface area contributed by atoms with E-state index in [0.29, 0.717) is 0 Å². The summed E-state index contributed by atoms with van der Waals surface area (Å²) in [6.07, 6.45) is -0.583. The van der Waals surface area contributed by atoms with E-state index in [-0.39, 0.29) is 25.1 Å². The van der Waals surface area contributed by atoms with E-state index in [9.17, 15) is 9.59 Å². The second-order valence-corrected chi connectivity index (χ2v) is 3.77. The van der Waals surface area contributed by atoms with Crippen molar-refractivity contribution in [3.05, 3.63) is 35.9 Å². The highest BCUT2D eigenvalue weighted by Gasteiger charge is 2.10. The Morgan fingerprint density at radius 1 is 1.28 bits per heavy atom. The first kappa shape index (κ1) is 14.0. The molecule has 0 saturated carbocycles. The second kappa shape index (κ2) is 7.32. The molecule has 0 heterocycles. The van der Waals surface area contributed by atoms with Gasteiger partial charge in [-0.3, -0.25) is 4.79 Å². The highest BCUT2D eigenvalue weighted by molar-refractivity contribution is 5.82. The van der Waals surface area contributed by atoms with Crippen molar-refractivity contribution in [1.29, 1.82) is 0 Å². The van der Waals surface area contributed by atoms with Crippen LogP contribution in [0.1, 0.15) is 25.5 Å². The molecule has 0 saturated heterocycles. The number of carbonyl (C=O) groups excluding carboxylic acids is 2. The van der Waals surface area contributed by atoms with Crippen LogP contribution in [-0.4, -0.2) is 25.2 Å². The zero-order chi connectivity index (χ0) is 13.4. The standard InChI is InChI=1S/C13H18N2O3/c1-3-18-13(17)14-9-12(16)15-10(2)11-7-5-4-6-8-11/h4-8,10H,3,9H2,1-2H3,(H,14,17)(H,15,16). The van der Waals surface area contributed by atoms with Gasteiger partial charge in [-0.15, -0.1) is 0 Å². The molecule has 18 heavy (non-hydrogen) atoms. The maximum absolute atomic E-state index is 11.6. The van der Waals surface area contributed by atoms with Gasteiger partial charge in [0.15, 0.2) is 0 Å². The van der Waals surface area contributed by atoms with Gasteiger partial charge in [-0.05, 0) is 19.4 Å². The summed E-state index contributed by atoms with van der Waals surface area (Å²) >= 11 is 0. The van der Waals surface area contributed by atoms with E-state index in [1.807, 2.05) is 37.3 Å². The molecule has 98 valence electrons. The van der Waals surface area contributed by atoms with Crippen molar-refractivity contribution in [3.8, 4) is 0 Å². The summed E-state index contributed by atoms with van der Waals surface area (Å²) in [7, 11) is 0. The molecule has 1 unspecified atom stereocenters. The predicted molar refractivity (Wildman–Crippen MR) is 68.0 cm³/mol. The number of hydrogen-bond donors (Lipinski definition) is 2. The van der Waals surface area contributed by atoms with Crippen LogP contribution in [-0.2, 0) is 9.53 Å². The van der Waals surface area contributed by atoms with Gasteiger partial charge in [0.2, 0.25) is 5.91 Å². The van der Waals surface area contributed by atoms with Crippen LogP contribution >= 0.6 is 0 Å². The molecular weight excluding hydrogens is 232 g/mol. The first-order valence-electron chi connectivity index (χ1n) is 5.88. The molecule has 1 aromatic rings. The van der Waals surface area contributed by atoms with Crippen LogP contribution in [0.25, 0.3) is 0 Å². The summed E-state index contributed by atoms with van der Waals surface area (Å²) in [6, 6.07) is 9.51. The first-order valence-corrected chi connectivity index (χ1v) is 5.88. The zero-order valence-electron chi connectivity index (χ0n) is 10.6. The molecule has 1 aromatic carbocycles. The van der Waals surface area contributed by atoms with E-state index in [0.717, 1.165) is 5.56 Å². The van der Waals surface area contributed by atoms with Crippen molar-refractivity contribution in [2.75, 3.05) is 13.2 Å². The topological polar surface area (TPSA) is 67.4 Å². The Bertz CT molecular complexity index is 392. The number of amides is 2. The lowest BCUT2D eigenvalue weighted by Gasteiger charge is -2.14. The second-order valence-electron chi connectivity index (χ2n) is 3.77. The van der Waals surface area contributed by atoms with Crippen molar-refractivity contribution in [2.45, 2.75) is 19.9 Å². The number of carbonyl (C=O) groups is 2. The number of alkyl carbamates (subject to hydrolysis) is 1. The maximum atomic E-state index is 11.6. The average molecular weight is 250 g/mol. The number of benzene rings is 1. The van der Waals surface area contributed by atoms with Gasteiger partial charge in [0, 0.05) is 0 Å². The van der Waals surface area contributed by atoms with Crippen molar-refractivity contribution < 1.29 is 14.3 Å². The van der Waals surface area contributed by atoms with Crippen molar-refractivity contribution >= 4 is 12.0 Å². The fourth-order valence-electron chi connectivity index (χ4n) is 1.45. The molecule has 2 amide bonds. The normalized spacial score (nSPS) is 11.4. The van der Waals surface area contributed by atoms with Crippen LogP contribution in [0.2, 0.25) is 0 Å². The van der Waals surface area contributed by atoms with E-state index in [2.05, 4.69) is 15.4 Å². The smallest absolute Gasteiger partial charge is 0.407 e. The Labute approximate surface area is 107 Å². The summed E-state index contributed by atoms with van der Waals surface area (Å²) in [5.41, 5.74) is 1.02. The van der Waals surface area contributed by atoms with Crippen LogP contribution in [0.5, 0.6) is 0 Å². The number of nitrogens with one attached hydrogen (secondary N) is 2. The summed E-state index contributed by atoms with van der Waals surface area (Å²) < 4.78 is 4.65. The molecule has 1 atom stereocenters. The average Bonchev–Trinajstić information content (AvgIpc) is 2.38. The summed E-state index contributed by atoms with van der Waals surface area (Å²) in [5.74, 6) is -0.251. The molecule has 0 spiro atoms. The molecule has 0 aliphatic heterocycles. The molecule has 0 bridgehead atoms. The minimum Gasteiger partial charge on any atom is -0.450 e. The monoisotopic (exact) mass is 250 g/mol. The highest BCUT2D eigenvalue weighted by atomic mass is 16.5. The summed E-state index contributed by atoms with van der Waals surface area (Å²) in [6.45, 7) is 3.79. The molecule has 2 N–H and O–H groups in total. The third-order valence-corrected chi connectivity index (χ3v) is 2.35. The number of ether oxygens (including phenoxy) is 1. The molecule has 5 nitrogen and oxygen atoms in total. The van der Waals surface area contributed by atoms with E-state index in [1.54, 1.807) is 6.92 Å². The lowest BCUT2D eigenvalue weighted by atomic mass is 10.1. The summed E-state index contributed by atoms with van der Waals surface area (Å²) in [4.78, 5) is 22.5. The van der Waals surface area contributed by atoms with E-state index < -0.39 is 6.09 Å². The predicted octanol–water partition coefficient (Wildman–Crippen LogP) is 1.61. The van der Waals surface area contributed by atoms with Crippen LogP contribution in [0, 0.1) is 0 Å². The van der Waals surface area contributed by atoms with Crippen molar-refractivity contribution in [2.24, 2.45) is 0 Å². The fourth-order valence-corrected chi connectivity index (χ4v) is 1.45. The third kappa shape index (κ3) is 4.86. The Morgan fingerprint density at radius 2 is 1.94 bits per heavy atom. The fraction of sp³-hybridized carbons (Fsp3) is 0.385. The molecule has 0 radical (unpaired) electrons. The zero-order valence-corrected chi connectivity index (χ0v) is 10.6. The largest absolute Gasteiger partial charge is 0.450 e. The van der Waals surface area contributed by atoms with E-state index in [1.165, 1.54) is 0 Å². The molecule has 5 heteroatoms. The van der Waals surface area contributed by atoms with E-state index >= 15 is 0 Å². The highest BCUT2D eigenvalue weighted by Crippen LogP contribution is 2.10. The molecule has 0 fully saturated rings. The van der Waals surface area contributed by atoms with Gasteiger partial charge in [-0.2, -0.15) is 0 Å². The van der Waals surface area contributed by atoms with Crippen LogP contribution in [0.4, 0.5) is 4.79 Å². The first-order chi connectivity index (χ1) is 8.63. The minimum absolute atomic E-state index is 0.0873. The van der Waals surface area contributed by atoms with Crippen LogP contribution in [0.15, 0.2) is 30.3 Å². The molecule has 1 rings (SSSR count). The quantitative estimate of drug-likeness (QED) is 0.834. The van der Waals surface area contributed by atoms with Gasteiger partial charge in [0.05, 0.1) is 12.6 Å². The third-order valence-electron chi connectivity index (χ3n) is 2.35. The van der Waals surface area contributed by atoms with E-state index in [4.69, 9.17) is 0 Å². The molecular formula is C13H18N2O3. The Kier molecular flexibility index (Phi) is 5.70. The van der Waals surface area contributed by atoms with Crippen LogP contribution < -0.4 is 10.6 Å². The van der Waals surface area contributed by atoms with Gasteiger partial charge >= 0.3 is 6.09 Å². The van der Waals surface area contributed by atoms with Crippen molar-refractivity contribution in [3.63, 3.8) is 0 Å². The lowest BCUT2D eigenvalue weighted by Crippen LogP contribution is -2.38. The minimum atomic E-state index is -0.583. The lowest BCUT2D eigenvalue weighted by molar-refractivity contribution is -0.120. The number of hydrogen-bond acceptors (Lipinski definition) is 3. The Balaban J connectivity index is 2.34. The van der Waals surface area contributed by atoms with Crippen LogP contribution in [0.3, 0.4) is 0 Å². The molecule has 0 aliphatic rings. The molecule has 0 aromatic heterocycles. The Morgan fingerprint density at radius 3 is 2.56 bits per heavy atom. The summed E-state index contributed by atoms with van der Waals surface area (Å²) in [5, 5.41) is 5.15. The molecule has 0 aliphatic carbocycles. The van der Waals surface area contributed by atoms with Gasteiger partial charge < -0.3 is 15.4 Å². The number of rotatable bonds is 5. The van der Waals surface area contributed by atoms with Gasteiger partial charge in [-0.25, -0.2) is 4.79 Å². The van der Waals surface area contributed by atoms with Gasteiger partial charge in [0.1, 0.15) is 6.54 Å². The van der Waals surface area contributed by atoms with Gasteiger partial charge in [-0.1, -0.05) is 30.3 Å². The Hall–Kier alpha value is -2.04. The van der Waals surface area contributed by atoms with Gasteiger partial charge in [0.25, 0.3) is 0 Å². The van der Waals surface area contributed by atoms with Crippen molar-refractivity contribution in [1.82, 2.24) is 10.6 Å².